The number of amides is 1. The van der Waals surface area contributed by atoms with E-state index in [0.29, 0.717) is 12.1 Å². The van der Waals surface area contributed by atoms with Gasteiger partial charge in [0.1, 0.15) is 16.7 Å². The summed E-state index contributed by atoms with van der Waals surface area (Å²) in [5.41, 5.74) is 3.36. The largest absolute Gasteiger partial charge is 0.497 e. The first kappa shape index (κ1) is 25.9. The Morgan fingerprint density at radius 2 is 1.89 bits per heavy atom. The summed E-state index contributed by atoms with van der Waals surface area (Å²) in [6, 6.07) is 12.0. The van der Waals surface area contributed by atoms with Crippen molar-refractivity contribution in [1.82, 2.24) is 5.32 Å². The van der Waals surface area contributed by atoms with Crippen molar-refractivity contribution in [3.05, 3.63) is 47.5 Å². The van der Waals surface area contributed by atoms with Gasteiger partial charge in [-0.1, -0.05) is 25.3 Å². The van der Waals surface area contributed by atoms with Crippen LogP contribution in [0.1, 0.15) is 74.7 Å². The van der Waals surface area contributed by atoms with Gasteiger partial charge in [0.2, 0.25) is 5.91 Å². The molecule has 1 heterocycles. The maximum Gasteiger partial charge on any atom is 0.244 e. The van der Waals surface area contributed by atoms with Crippen LogP contribution in [0.25, 0.3) is 0 Å². The van der Waals surface area contributed by atoms with E-state index in [1.54, 1.807) is 23.8 Å². The Balaban J connectivity index is 1.36. The molecule has 1 unspecified atom stereocenters. The lowest BCUT2D eigenvalue weighted by atomic mass is 9.83. The fourth-order valence-corrected chi connectivity index (χ4v) is 6.54. The fraction of sp³-hybridized carbons (Fsp3) is 0.552. The summed E-state index contributed by atoms with van der Waals surface area (Å²) in [6.07, 6.45) is 9.97. The second-order valence-corrected chi connectivity index (χ2v) is 11.4. The minimum Gasteiger partial charge on any atom is -0.497 e. The van der Waals surface area contributed by atoms with Crippen molar-refractivity contribution in [2.24, 2.45) is 0 Å². The number of methoxy groups -OCH3 is 1. The summed E-state index contributed by atoms with van der Waals surface area (Å²) >= 11 is 1.60. The van der Waals surface area contributed by atoms with E-state index in [1.807, 2.05) is 31.3 Å². The third-order valence-corrected chi connectivity index (χ3v) is 8.64. The number of unbranched alkanes of at least 4 members (excludes halogenated alkanes) is 2. The smallest absolute Gasteiger partial charge is 0.244 e. The van der Waals surface area contributed by atoms with E-state index in [1.165, 1.54) is 37.7 Å². The highest BCUT2D eigenvalue weighted by Crippen LogP contribution is 2.49. The van der Waals surface area contributed by atoms with E-state index < -0.39 is 0 Å². The number of ether oxygens (including phenoxy) is 2. The second kappa shape index (κ2) is 11.7. The van der Waals surface area contributed by atoms with Crippen molar-refractivity contribution in [3.8, 4) is 11.5 Å². The van der Waals surface area contributed by atoms with Gasteiger partial charge in [0, 0.05) is 23.0 Å². The van der Waals surface area contributed by atoms with Crippen molar-refractivity contribution in [2.45, 2.75) is 80.9 Å². The van der Waals surface area contributed by atoms with Crippen molar-refractivity contribution in [3.63, 3.8) is 0 Å². The average Bonchev–Trinajstić information content (AvgIpc) is 2.86. The molecule has 0 spiro atoms. The molecule has 1 atom stereocenters. The summed E-state index contributed by atoms with van der Waals surface area (Å²) in [4.78, 5) is 16.2. The van der Waals surface area contributed by atoms with E-state index in [2.05, 4.69) is 31.3 Å². The molecule has 1 aliphatic heterocycles. The highest BCUT2D eigenvalue weighted by atomic mass is 32.2. The molecule has 0 bridgehead atoms. The molecule has 4 rings (SSSR count). The summed E-state index contributed by atoms with van der Waals surface area (Å²) in [5.74, 6) is 1.57. The number of nitrogens with zero attached hydrogens (tertiary/aromatic N) is 1. The molecule has 190 valence electrons. The van der Waals surface area contributed by atoms with Crippen molar-refractivity contribution < 1.29 is 14.3 Å². The molecular formula is C29H40N2O3S. The molecule has 5 nitrogen and oxygen atoms in total. The average molecular weight is 497 g/mol. The molecular weight excluding hydrogens is 456 g/mol. The van der Waals surface area contributed by atoms with Crippen LogP contribution >= 0.6 is 11.8 Å². The van der Waals surface area contributed by atoms with Crippen LogP contribution in [0.15, 0.2) is 41.3 Å². The highest BCUT2D eigenvalue weighted by molar-refractivity contribution is 8.00. The van der Waals surface area contributed by atoms with Crippen molar-refractivity contribution in [2.75, 3.05) is 32.2 Å². The van der Waals surface area contributed by atoms with Crippen molar-refractivity contribution >= 4 is 23.4 Å². The summed E-state index contributed by atoms with van der Waals surface area (Å²) < 4.78 is 11.7. The normalized spacial score (nSPS) is 19.4. The van der Waals surface area contributed by atoms with Gasteiger partial charge in [-0.3, -0.25) is 4.79 Å². The van der Waals surface area contributed by atoms with Crippen LogP contribution < -0.4 is 19.7 Å². The lowest BCUT2D eigenvalue weighted by Gasteiger charge is -2.34. The molecule has 2 aromatic rings. The fourth-order valence-electron chi connectivity index (χ4n) is 5.14. The number of hydrogen-bond donors (Lipinski definition) is 1. The molecule has 0 saturated heterocycles. The number of thioether (sulfide) groups is 1. The Labute approximate surface area is 215 Å². The Morgan fingerprint density at radius 3 is 2.66 bits per heavy atom. The van der Waals surface area contributed by atoms with Crippen LogP contribution in [-0.4, -0.2) is 38.8 Å². The third-order valence-electron chi connectivity index (χ3n) is 7.36. The lowest BCUT2D eigenvalue weighted by molar-refractivity contribution is -0.118. The summed E-state index contributed by atoms with van der Waals surface area (Å²) in [7, 11) is 3.51. The van der Waals surface area contributed by atoms with Crippen LogP contribution in [0.4, 0.5) is 5.69 Å². The lowest BCUT2D eigenvalue weighted by Crippen LogP contribution is -2.44. The molecule has 1 saturated carbocycles. The summed E-state index contributed by atoms with van der Waals surface area (Å²) in [5, 5.41) is 3.43. The zero-order valence-corrected chi connectivity index (χ0v) is 22.5. The van der Waals surface area contributed by atoms with Crippen LogP contribution in [0.3, 0.4) is 0 Å². The molecule has 1 N–H and O–H groups in total. The first-order chi connectivity index (χ1) is 16.9. The SMILES string of the molecule is COc1ccc(OCCCCCNC2(C)CCCCC2)c(C2Sc3cc(C)ccc3N(C)C2=O)c1. The number of rotatable bonds is 10. The number of benzene rings is 2. The number of fused-ring (bicyclic) bond motifs is 1. The van der Waals surface area contributed by atoms with Gasteiger partial charge in [-0.2, -0.15) is 0 Å². The Bertz CT molecular complexity index is 1020. The maximum atomic E-state index is 13.3. The van der Waals surface area contributed by atoms with E-state index >= 15 is 0 Å². The van der Waals surface area contributed by atoms with Gasteiger partial charge in [0.15, 0.2) is 0 Å². The number of likely N-dealkylation sites (N-methyl/N-ethyl adjacent to an activating group) is 1. The monoisotopic (exact) mass is 496 g/mol. The van der Waals surface area contributed by atoms with Crippen molar-refractivity contribution in [1.29, 1.82) is 0 Å². The maximum absolute atomic E-state index is 13.3. The summed E-state index contributed by atoms with van der Waals surface area (Å²) in [6.45, 7) is 6.18. The van der Waals surface area contributed by atoms with E-state index in [9.17, 15) is 4.79 Å². The van der Waals surface area contributed by atoms with Gasteiger partial charge >= 0.3 is 0 Å². The van der Waals surface area contributed by atoms with Gasteiger partial charge in [0.25, 0.3) is 0 Å². The van der Waals surface area contributed by atoms with Gasteiger partial charge in [-0.05, 0) is 88.4 Å². The third kappa shape index (κ3) is 6.34. The van der Waals surface area contributed by atoms with Crippen LogP contribution in [-0.2, 0) is 4.79 Å². The molecule has 1 aliphatic carbocycles. The molecule has 6 heteroatoms. The zero-order chi connectivity index (χ0) is 24.8. The minimum absolute atomic E-state index is 0.0618. The number of hydrogen-bond acceptors (Lipinski definition) is 5. The number of aryl methyl sites for hydroxylation is 1. The molecule has 0 radical (unpaired) electrons. The van der Waals surface area contributed by atoms with Gasteiger partial charge in [0.05, 0.1) is 19.4 Å². The number of anilines is 1. The van der Waals surface area contributed by atoms with Gasteiger partial charge in [-0.25, -0.2) is 0 Å². The highest BCUT2D eigenvalue weighted by Gasteiger charge is 2.35. The minimum atomic E-state index is -0.361. The van der Waals surface area contributed by atoms with Crippen LogP contribution in [0.2, 0.25) is 0 Å². The number of carbonyl (C=O) groups is 1. The quantitative estimate of drug-likeness (QED) is 0.372. The molecule has 1 fully saturated rings. The van der Waals surface area contributed by atoms with E-state index in [0.717, 1.165) is 53.5 Å². The number of carbonyl (C=O) groups excluding carboxylic acids is 1. The molecule has 1 amide bonds. The van der Waals surface area contributed by atoms with E-state index in [4.69, 9.17) is 9.47 Å². The molecule has 0 aromatic heterocycles. The molecule has 2 aliphatic rings. The predicted octanol–water partition coefficient (Wildman–Crippen LogP) is 6.67. The van der Waals surface area contributed by atoms with Crippen LogP contribution in [0.5, 0.6) is 11.5 Å². The van der Waals surface area contributed by atoms with Gasteiger partial charge < -0.3 is 19.7 Å². The predicted molar refractivity (Wildman–Crippen MR) is 145 cm³/mol. The second-order valence-electron chi connectivity index (χ2n) is 10.2. The first-order valence-electron chi connectivity index (χ1n) is 13.0. The Hall–Kier alpha value is -2.18. The Kier molecular flexibility index (Phi) is 8.66. The van der Waals surface area contributed by atoms with Gasteiger partial charge in [-0.15, -0.1) is 11.8 Å². The zero-order valence-electron chi connectivity index (χ0n) is 21.7. The first-order valence-corrected chi connectivity index (χ1v) is 13.9. The standard InChI is InChI=1S/C29H40N2O3S/c1-21-11-13-24-26(19-21)35-27(28(32)31(24)3)23-20-22(33-4)12-14-25(23)34-18-10-6-9-17-30-29(2)15-7-5-8-16-29/h11-14,19-20,27,30H,5-10,15-18H2,1-4H3. The van der Waals surface area contributed by atoms with Crippen LogP contribution in [0, 0.1) is 6.92 Å². The topological polar surface area (TPSA) is 50.8 Å². The molecule has 35 heavy (non-hydrogen) atoms. The number of nitrogens with one attached hydrogen (secondary N) is 1. The Morgan fingerprint density at radius 1 is 1.09 bits per heavy atom. The molecule has 2 aromatic carbocycles. The van der Waals surface area contributed by atoms with E-state index in [-0.39, 0.29) is 11.2 Å².